The van der Waals surface area contributed by atoms with Gasteiger partial charge in [-0.05, 0) is 24.4 Å². The highest BCUT2D eigenvalue weighted by Crippen LogP contribution is 2.13. The van der Waals surface area contributed by atoms with E-state index in [9.17, 15) is 4.79 Å². The Morgan fingerprint density at radius 2 is 2.47 bits per heavy atom. The van der Waals surface area contributed by atoms with Gasteiger partial charge in [-0.25, -0.2) is 4.98 Å². The van der Waals surface area contributed by atoms with E-state index in [1.807, 2.05) is 11.4 Å². The zero-order valence-electron chi connectivity index (χ0n) is 8.54. The number of aromatic amines is 1. The molecule has 0 atom stereocenters. The Hall–Kier alpha value is -1.20. The molecule has 0 aliphatic rings. The number of thiophene rings is 1. The molecule has 4 nitrogen and oxygen atoms in total. The monoisotopic (exact) mass is 223 g/mol. The van der Waals surface area contributed by atoms with Gasteiger partial charge in [-0.1, -0.05) is 6.92 Å². The van der Waals surface area contributed by atoms with Crippen molar-refractivity contribution in [3.8, 4) is 0 Å². The summed E-state index contributed by atoms with van der Waals surface area (Å²) in [6, 6.07) is 1.87. The Morgan fingerprint density at radius 1 is 1.60 bits per heavy atom. The molecule has 0 bridgehead atoms. The van der Waals surface area contributed by atoms with Crippen LogP contribution in [-0.4, -0.2) is 16.5 Å². The van der Waals surface area contributed by atoms with E-state index in [2.05, 4.69) is 22.2 Å². The van der Waals surface area contributed by atoms with Crippen LogP contribution < -0.4 is 10.9 Å². The SMILES string of the molecule is CCCNCc1nc2ccsc2c(=O)[nH]1. The Labute approximate surface area is 91.4 Å². The summed E-state index contributed by atoms with van der Waals surface area (Å²) in [5, 5.41) is 5.09. The first-order valence-corrected chi connectivity index (χ1v) is 5.86. The van der Waals surface area contributed by atoms with Gasteiger partial charge in [0, 0.05) is 0 Å². The second-order valence-corrected chi connectivity index (χ2v) is 4.24. The Balaban J connectivity index is 2.25. The maximum absolute atomic E-state index is 11.6. The second-order valence-electron chi connectivity index (χ2n) is 3.32. The Bertz CT molecular complexity index is 503. The molecule has 0 aliphatic heterocycles. The summed E-state index contributed by atoms with van der Waals surface area (Å²) in [4.78, 5) is 18.7. The minimum absolute atomic E-state index is 0.0386. The lowest BCUT2D eigenvalue weighted by molar-refractivity contribution is 0.651. The molecule has 0 spiro atoms. The summed E-state index contributed by atoms with van der Waals surface area (Å²) in [5.74, 6) is 0.708. The van der Waals surface area contributed by atoms with E-state index in [1.54, 1.807) is 0 Å². The predicted octanol–water partition coefficient (Wildman–Crippen LogP) is 1.48. The fourth-order valence-corrected chi connectivity index (χ4v) is 2.11. The van der Waals surface area contributed by atoms with Gasteiger partial charge in [0.25, 0.3) is 5.56 Å². The van der Waals surface area contributed by atoms with E-state index in [1.165, 1.54) is 11.3 Å². The maximum atomic E-state index is 11.6. The van der Waals surface area contributed by atoms with E-state index in [4.69, 9.17) is 0 Å². The van der Waals surface area contributed by atoms with Crippen molar-refractivity contribution in [2.45, 2.75) is 19.9 Å². The van der Waals surface area contributed by atoms with Gasteiger partial charge in [0.1, 0.15) is 10.5 Å². The van der Waals surface area contributed by atoms with Crippen LogP contribution in [0.5, 0.6) is 0 Å². The fraction of sp³-hybridized carbons (Fsp3) is 0.400. The van der Waals surface area contributed by atoms with Gasteiger partial charge < -0.3 is 10.3 Å². The molecule has 15 heavy (non-hydrogen) atoms. The second kappa shape index (κ2) is 4.55. The molecule has 2 rings (SSSR count). The molecule has 5 heteroatoms. The normalized spacial score (nSPS) is 11.0. The van der Waals surface area contributed by atoms with Gasteiger partial charge in [-0.15, -0.1) is 11.3 Å². The quantitative estimate of drug-likeness (QED) is 0.772. The Morgan fingerprint density at radius 3 is 3.27 bits per heavy atom. The van der Waals surface area contributed by atoms with Gasteiger partial charge in [0.05, 0.1) is 12.1 Å². The van der Waals surface area contributed by atoms with Crippen LogP contribution in [0.2, 0.25) is 0 Å². The highest BCUT2D eigenvalue weighted by molar-refractivity contribution is 7.17. The molecule has 2 aromatic rings. The highest BCUT2D eigenvalue weighted by Gasteiger charge is 2.03. The summed E-state index contributed by atoms with van der Waals surface area (Å²) in [5.41, 5.74) is 0.750. The third-order valence-corrected chi connectivity index (χ3v) is 2.99. The van der Waals surface area contributed by atoms with E-state index in [-0.39, 0.29) is 5.56 Å². The van der Waals surface area contributed by atoms with Crippen LogP contribution in [0.1, 0.15) is 19.2 Å². The average Bonchev–Trinajstić information content (AvgIpc) is 2.66. The fourth-order valence-electron chi connectivity index (χ4n) is 1.39. The molecular formula is C10H13N3OS. The number of H-pyrrole nitrogens is 1. The molecular weight excluding hydrogens is 210 g/mol. The van der Waals surface area contributed by atoms with Crippen molar-refractivity contribution in [1.82, 2.24) is 15.3 Å². The summed E-state index contributed by atoms with van der Waals surface area (Å²) in [6.45, 7) is 3.66. The number of rotatable bonds is 4. The Kier molecular flexibility index (Phi) is 3.13. The molecule has 0 amide bonds. The average molecular weight is 223 g/mol. The zero-order valence-corrected chi connectivity index (χ0v) is 9.36. The molecule has 2 aromatic heterocycles. The summed E-state index contributed by atoms with van der Waals surface area (Å²) < 4.78 is 0.703. The van der Waals surface area contributed by atoms with Crippen LogP contribution in [0.3, 0.4) is 0 Å². The van der Waals surface area contributed by atoms with Crippen molar-refractivity contribution in [2.75, 3.05) is 6.54 Å². The zero-order chi connectivity index (χ0) is 10.7. The maximum Gasteiger partial charge on any atom is 0.268 e. The smallest absolute Gasteiger partial charge is 0.268 e. The van der Waals surface area contributed by atoms with Gasteiger partial charge in [-0.2, -0.15) is 0 Å². The molecule has 0 fully saturated rings. The minimum atomic E-state index is -0.0386. The highest BCUT2D eigenvalue weighted by atomic mass is 32.1. The van der Waals surface area contributed by atoms with Crippen molar-refractivity contribution in [3.63, 3.8) is 0 Å². The van der Waals surface area contributed by atoms with Crippen molar-refractivity contribution < 1.29 is 0 Å². The first kappa shape index (κ1) is 10.3. The summed E-state index contributed by atoms with van der Waals surface area (Å²) in [6.07, 6.45) is 1.07. The van der Waals surface area contributed by atoms with Gasteiger partial charge >= 0.3 is 0 Å². The molecule has 2 N–H and O–H groups in total. The van der Waals surface area contributed by atoms with E-state index in [0.717, 1.165) is 18.5 Å². The molecule has 0 aliphatic carbocycles. The number of aromatic nitrogens is 2. The molecule has 80 valence electrons. The summed E-state index contributed by atoms with van der Waals surface area (Å²) >= 11 is 1.42. The molecule has 0 saturated carbocycles. The largest absolute Gasteiger partial charge is 0.310 e. The van der Waals surface area contributed by atoms with Gasteiger partial charge in [0.2, 0.25) is 0 Å². The van der Waals surface area contributed by atoms with Gasteiger partial charge in [-0.3, -0.25) is 4.79 Å². The van der Waals surface area contributed by atoms with Crippen molar-refractivity contribution >= 4 is 21.6 Å². The lowest BCUT2D eigenvalue weighted by Gasteiger charge is -2.01. The van der Waals surface area contributed by atoms with Crippen molar-refractivity contribution in [2.24, 2.45) is 0 Å². The molecule has 2 heterocycles. The van der Waals surface area contributed by atoms with Crippen LogP contribution in [-0.2, 0) is 6.54 Å². The van der Waals surface area contributed by atoms with Crippen LogP contribution in [0, 0.1) is 0 Å². The molecule has 0 unspecified atom stereocenters. The van der Waals surface area contributed by atoms with E-state index < -0.39 is 0 Å². The molecule has 0 radical (unpaired) electrons. The lowest BCUT2D eigenvalue weighted by Crippen LogP contribution is -2.19. The molecule has 0 saturated heterocycles. The lowest BCUT2D eigenvalue weighted by atomic mass is 10.4. The first-order chi connectivity index (χ1) is 7.31. The topological polar surface area (TPSA) is 57.8 Å². The number of nitrogens with one attached hydrogen (secondary N) is 2. The van der Waals surface area contributed by atoms with Gasteiger partial charge in [0.15, 0.2) is 0 Å². The van der Waals surface area contributed by atoms with E-state index in [0.29, 0.717) is 17.1 Å². The van der Waals surface area contributed by atoms with Crippen LogP contribution in [0.4, 0.5) is 0 Å². The van der Waals surface area contributed by atoms with Crippen LogP contribution >= 0.6 is 11.3 Å². The number of nitrogens with zero attached hydrogens (tertiary/aromatic N) is 1. The summed E-state index contributed by atoms with van der Waals surface area (Å²) in [7, 11) is 0. The van der Waals surface area contributed by atoms with Crippen LogP contribution in [0.15, 0.2) is 16.2 Å². The minimum Gasteiger partial charge on any atom is -0.310 e. The predicted molar refractivity (Wildman–Crippen MR) is 62.2 cm³/mol. The number of fused-ring (bicyclic) bond motifs is 1. The van der Waals surface area contributed by atoms with Crippen LogP contribution in [0.25, 0.3) is 10.2 Å². The first-order valence-electron chi connectivity index (χ1n) is 4.98. The molecule has 0 aromatic carbocycles. The number of hydrogen-bond acceptors (Lipinski definition) is 4. The van der Waals surface area contributed by atoms with Crippen molar-refractivity contribution in [3.05, 3.63) is 27.6 Å². The number of hydrogen-bond donors (Lipinski definition) is 2. The standard InChI is InChI=1S/C10H13N3OS/c1-2-4-11-6-8-12-7-3-5-15-9(7)10(14)13-8/h3,5,11H,2,4,6H2,1H3,(H,12,13,14). The third kappa shape index (κ3) is 2.24. The van der Waals surface area contributed by atoms with Crippen molar-refractivity contribution in [1.29, 1.82) is 0 Å². The van der Waals surface area contributed by atoms with E-state index >= 15 is 0 Å². The third-order valence-electron chi connectivity index (χ3n) is 2.08.